The number of rotatable bonds is 4. The highest BCUT2D eigenvalue weighted by Gasteiger charge is 2.16. The summed E-state index contributed by atoms with van der Waals surface area (Å²) in [6, 6.07) is 9.57. The number of hydrogen-bond acceptors (Lipinski definition) is 5. The predicted octanol–water partition coefficient (Wildman–Crippen LogP) is 3.10. The molecule has 0 atom stereocenters. The van der Waals surface area contributed by atoms with E-state index in [2.05, 4.69) is 19.9 Å². The average molecular weight is 348 g/mol. The van der Waals surface area contributed by atoms with Gasteiger partial charge in [0.05, 0.1) is 12.5 Å². The first-order valence-corrected chi connectivity index (χ1v) is 8.71. The molecular formula is C20H20N4O2. The summed E-state index contributed by atoms with van der Waals surface area (Å²) in [7, 11) is 1.64. The van der Waals surface area contributed by atoms with Gasteiger partial charge in [-0.25, -0.2) is 4.98 Å². The van der Waals surface area contributed by atoms with Crippen LogP contribution < -0.4 is 15.2 Å². The zero-order valence-corrected chi connectivity index (χ0v) is 14.6. The maximum absolute atomic E-state index is 12.7. The number of fused-ring (bicyclic) bond motifs is 1. The summed E-state index contributed by atoms with van der Waals surface area (Å²) in [6.45, 7) is 1.84. The SMILES string of the molecule is COc1ccc(/C=C/c2ccnc3nc(N4CCCC4)[nH]c(=O)c23)cc1. The van der Waals surface area contributed by atoms with Crippen LogP contribution in [-0.2, 0) is 0 Å². The summed E-state index contributed by atoms with van der Waals surface area (Å²) in [5.74, 6) is 1.43. The van der Waals surface area contributed by atoms with Crippen molar-refractivity contribution in [2.24, 2.45) is 0 Å². The van der Waals surface area contributed by atoms with E-state index >= 15 is 0 Å². The van der Waals surface area contributed by atoms with Crippen molar-refractivity contribution in [2.75, 3.05) is 25.1 Å². The van der Waals surface area contributed by atoms with Crippen LogP contribution in [0.5, 0.6) is 5.75 Å². The maximum atomic E-state index is 12.7. The Morgan fingerprint density at radius 2 is 1.88 bits per heavy atom. The minimum atomic E-state index is -0.153. The molecule has 132 valence electrons. The molecule has 2 aromatic heterocycles. The van der Waals surface area contributed by atoms with Gasteiger partial charge in [0.15, 0.2) is 5.65 Å². The molecule has 4 rings (SSSR count). The van der Waals surface area contributed by atoms with Crippen LogP contribution in [-0.4, -0.2) is 35.2 Å². The van der Waals surface area contributed by atoms with Gasteiger partial charge in [0.2, 0.25) is 5.95 Å². The summed E-state index contributed by atoms with van der Waals surface area (Å²) in [5, 5.41) is 0.514. The molecule has 1 N–H and O–H groups in total. The van der Waals surface area contributed by atoms with Gasteiger partial charge in [-0.15, -0.1) is 0 Å². The van der Waals surface area contributed by atoms with Crippen LogP contribution in [0, 0.1) is 0 Å². The normalized spacial score (nSPS) is 14.4. The van der Waals surface area contributed by atoms with E-state index in [0.29, 0.717) is 17.0 Å². The monoisotopic (exact) mass is 348 g/mol. The van der Waals surface area contributed by atoms with Gasteiger partial charge in [0.1, 0.15) is 5.75 Å². The third-order valence-corrected chi connectivity index (χ3v) is 4.60. The van der Waals surface area contributed by atoms with Crippen LogP contribution in [0.25, 0.3) is 23.2 Å². The van der Waals surface area contributed by atoms with E-state index in [4.69, 9.17) is 4.74 Å². The van der Waals surface area contributed by atoms with Gasteiger partial charge in [-0.05, 0) is 42.2 Å². The third-order valence-electron chi connectivity index (χ3n) is 4.60. The van der Waals surface area contributed by atoms with Crippen LogP contribution in [0.1, 0.15) is 24.0 Å². The number of aromatic nitrogens is 3. The van der Waals surface area contributed by atoms with Crippen molar-refractivity contribution >= 4 is 29.1 Å². The molecule has 0 saturated carbocycles. The van der Waals surface area contributed by atoms with Gasteiger partial charge >= 0.3 is 0 Å². The van der Waals surface area contributed by atoms with E-state index in [0.717, 1.165) is 42.8 Å². The standard InChI is InChI=1S/C20H20N4O2/c1-26-16-8-5-14(6-9-16)4-7-15-10-11-21-18-17(15)19(25)23-20(22-18)24-12-2-3-13-24/h4-11H,2-3,12-13H2,1H3,(H,21,22,23,25)/b7-4+. The number of nitrogens with zero attached hydrogens (tertiary/aromatic N) is 3. The Bertz CT molecular complexity index is 1000. The number of hydrogen-bond donors (Lipinski definition) is 1. The van der Waals surface area contributed by atoms with E-state index in [1.165, 1.54) is 0 Å². The first-order valence-electron chi connectivity index (χ1n) is 8.71. The van der Waals surface area contributed by atoms with E-state index in [-0.39, 0.29) is 5.56 Å². The molecule has 1 aliphatic rings. The molecule has 6 nitrogen and oxygen atoms in total. The Hall–Kier alpha value is -3.15. The molecule has 3 aromatic rings. The second-order valence-electron chi connectivity index (χ2n) is 6.29. The average Bonchev–Trinajstić information content (AvgIpc) is 3.21. The fraction of sp³-hybridized carbons (Fsp3) is 0.250. The Labute approximate surface area is 151 Å². The molecule has 0 aliphatic carbocycles. The highest BCUT2D eigenvalue weighted by atomic mass is 16.5. The first-order chi connectivity index (χ1) is 12.7. The number of ether oxygens (including phenoxy) is 1. The molecule has 1 saturated heterocycles. The van der Waals surface area contributed by atoms with Gasteiger partial charge in [-0.3, -0.25) is 9.78 Å². The van der Waals surface area contributed by atoms with Crippen LogP contribution in [0.3, 0.4) is 0 Å². The lowest BCUT2D eigenvalue weighted by Crippen LogP contribution is -2.24. The second kappa shape index (κ2) is 7.00. The summed E-state index contributed by atoms with van der Waals surface area (Å²) in [6.07, 6.45) is 7.82. The molecule has 0 unspecified atom stereocenters. The highest BCUT2D eigenvalue weighted by molar-refractivity contribution is 5.88. The lowest BCUT2D eigenvalue weighted by molar-refractivity contribution is 0.415. The number of nitrogens with one attached hydrogen (secondary N) is 1. The zero-order chi connectivity index (χ0) is 17.9. The molecule has 1 aliphatic heterocycles. The first kappa shape index (κ1) is 16.3. The van der Waals surface area contributed by atoms with Crippen molar-refractivity contribution in [3.63, 3.8) is 0 Å². The molecule has 26 heavy (non-hydrogen) atoms. The summed E-state index contributed by atoms with van der Waals surface area (Å²) in [5.41, 5.74) is 2.15. The fourth-order valence-electron chi connectivity index (χ4n) is 3.19. The smallest absolute Gasteiger partial charge is 0.262 e. The molecule has 0 radical (unpaired) electrons. The maximum Gasteiger partial charge on any atom is 0.262 e. The lowest BCUT2D eigenvalue weighted by Gasteiger charge is -2.15. The van der Waals surface area contributed by atoms with E-state index < -0.39 is 0 Å². The zero-order valence-electron chi connectivity index (χ0n) is 14.6. The molecule has 0 spiro atoms. The largest absolute Gasteiger partial charge is 0.497 e. The minimum Gasteiger partial charge on any atom is -0.497 e. The number of benzene rings is 1. The Kier molecular flexibility index (Phi) is 4.39. The third kappa shape index (κ3) is 3.18. The summed E-state index contributed by atoms with van der Waals surface area (Å²) >= 11 is 0. The minimum absolute atomic E-state index is 0.153. The van der Waals surface area contributed by atoms with Gasteiger partial charge in [0, 0.05) is 19.3 Å². The van der Waals surface area contributed by atoms with Gasteiger partial charge in [-0.1, -0.05) is 24.3 Å². The number of aromatic amines is 1. The van der Waals surface area contributed by atoms with E-state index in [1.54, 1.807) is 13.3 Å². The lowest BCUT2D eigenvalue weighted by atomic mass is 10.1. The van der Waals surface area contributed by atoms with Gasteiger partial charge < -0.3 is 9.64 Å². The van der Waals surface area contributed by atoms with Crippen LogP contribution in [0.15, 0.2) is 41.3 Å². The van der Waals surface area contributed by atoms with Crippen molar-refractivity contribution in [1.29, 1.82) is 0 Å². The fourth-order valence-corrected chi connectivity index (χ4v) is 3.19. The number of methoxy groups -OCH3 is 1. The number of pyridine rings is 1. The molecule has 0 amide bonds. The van der Waals surface area contributed by atoms with Gasteiger partial charge in [-0.2, -0.15) is 4.98 Å². The van der Waals surface area contributed by atoms with Crippen molar-refractivity contribution < 1.29 is 4.74 Å². The summed E-state index contributed by atoms with van der Waals surface area (Å²) < 4.78 is 5.17. The Balaban J connectivity index is 1.70. The van der Waals surface area contributed by atoms with Crippen LogP contribution >= 0.6 is 0 Å². The topological polar surface area (TPSA) is 71.1 Å². The molecule has 0 bridgehead atoms. The molecule has 6 heteroatoms. The number of H-pyrrole nitrogens is 1. The Morgan fingerprint density at radius 1 is 1.12 bits per heavy atom. The quantitative estimate of drug-likeness (QED) is 0.784. The van der Waals surface area contributed by atoms with Crippen LogP contribution in [0.4, 0.5) is 5.95 Å². The predicted molar refractivity (Wildman–Crippen MR) is 104 cm³/mol. The number of anilines is 1. The van der Waals surface area contributed by atoms with Crippen molar-refractivity contribution in [3.05, 3.63) is 58.0 Å². The van der Waals surface area contributed by atoms with Gasteiger partial charge in [0.25, 0.3) is 5.56 Å². The molecule has 1 aromatic carbocycles. The highest BCUT2D eigenvalue weighted by Crippen LogP contribution is 2.19. The Morgan fingerprint density at radius 3 is 2.62 bits per heavy atom. The van der Waals surface area contributed by atoms with Crippen molar-refractivity contribution in [2.45, 2.75) is 12.8 Å². The molecule has 1 fully saturated rings. The van der Waals surface area contributed by atoms with Crippen LogP contribution in [0.2, 0.25) is 0 Å². The van der Waals surface area contributed by atoms with E-state index in [9.17, 15) is 4.79 Å². The molecule has 3 heterocycles. The summed E-state index contributed by atoms with van der Waals surface area (Å²) in [4.78, 5) is 26.5. The van der Waals surface area contributed by atoms with E-state index in [1.807, 2.05) is 42.5 Å². The van der Waals surface area contributed by atoms with Crippen molar-refractivity contribution in [3.8, 4) is 5.75 Å². The molecular weight excluding hydrogens is 328 g/mol. The van der Waals surface area contributed by atoms with Crippen molar-refractivity contribution in [1.82, 2.24) is 15.0 Å². The second-order valence-corrected chi connectivity index (χ2v) is 6.29.